The lowest BCUT2D eigenvalue weighted by atomic mass is 10.2. The number of hydrazone groups is 1. The average Bonchev–Trinajstić information content (AvgIpc) is 2.66. The van der Waals surface area contributed by atoms with Crippen LogP contribution >= 0.6 is 28.1 Å². The molecule has 136 valence electrons. The SMILES string of the molecule is C=CCNC(=S)N[NH+]=Cc1ccc(OCc2ccc(Br)cc2)c(OC)c1. The number of thiocarbonyl (C=S) groups is 1. The van der Waals surface area contributed by atoms with Crippen molar-refractivity contribution < 1.29 is 14.6 Å². The van der Waals surface area contributed by atoms with Crippen molar-refractivity contribution in [1.82, 2.24) is 10.7 Å². The van der Waals surface area contributed by atoms with Gasteiger partial charge in [0.15, 0.2) is 17.7 Å². The smallest absolute Gasteiger partial charge is 0.224 e. The molecule has 2 aromatic rings. The summed E-state index contributed by atoms with van der Waals surface area (Å²) < 4.78 is 12.3. The maximum absolute atomic E-state index is 5.87. The topological polar surface area (TPSA) is 56.5 Å². The van der Waals surface area contributed by atoms with Crippen LogP contribution in [0.1, 0.15) is 11.1 Å². The highest BCUT2D eigenvalue weighted by molar-refractivity contribution is 9.10. The highest BCUT2D eigenvalue weighted by Crippen LogP contribution is 2.28. The number of nitrogens with one attached hydrogen (secondary N) is 3. The number of halogens is 1. The highest BCUT2D eigenvalue weighted by atomic mass is 79.9. The lowest BCUT2D eigenvalue weighted by Gasteiger charge is -2.11. The molecule has 0 saturated carbocycles. The van der Waals surface area contributed by atoms with E-state index in [1.807, 2.05) is 42.5 Å². The third-order valence-corrected chi connectivity index (χ3v) is 4.10. The van der Waals surface area contributed by atoms with Gasteiger partial charge in [0.1, 0.15) is 6.61 Å². The van der Waals surface area contributed by atoms with E-state index in [1.54, 1.807) is 19.4 Å². The Bertz CT molecular complexity index is 779. The predicted octanol–water partition coefficient (Wildman–Crippen LogP) is 2.10. The zero-order valence-corrected chi connectivity index (χ0v) is 16.8. The first kappa shape index (κ1) is 19.9. The van der Waals surface area contributed by atoms with Crippen LogP contribution in [0.3, 0.4) is 0 Å². The summed E-state index contributed by atoms with van der Waals surface area (Å²) in [5.41, 5.74) is 4.85. The fourth-order valence-corrected chi connectivity index (χ4v) is 2.44. The number of benzene rings is 2. The molecular formula is C19H21BrN3O2S+. The molecule has 2 aromatic carbocycles. The van der Waals surface area contributed by atoms with Crippen molar-refractivity contribution in [3.63, 3.8) is 0 Å². The Hall–Kier alpha value is -2.38. The lowest BCUT2D eigenvalue weighted by Crippen LogP contribution is -2.82. The molecule has 0 unspecified atom stereocenters. The van der Waals surface area contributed by atoms with Gasteiger partial charge in [-0.2, -0.15) is 0 Å². The van der Waals surface area contributed by atoms with Crippen molar-refractivity contribution >= 4 is 39.5 Å². The molecule has 0 spiro atoms. The van der Waals surface area contributed by atoms with Gasteiger partial charge in [0, 0.05) is 16.6 Å². The largest absolute Gasteiger partial charge is 0.493 e. The van der Waals surface area contributed by atoms with E-state index in [-0.39, 0.29) is 0 Å². The monoisotopic (exact) mass is 434 g/mol. The van der Waals surface area contributed by atoms with E-state index >= 15 is 0 Å². The van der Waals surface area contributed by atoms with Crippen molar-refractivity contribution in [2.75, 3.05) is 13.7 Å². The zero-order valence-electron chi connectivity index (χ0n) is 14.4. The van der Waals surface area contributed by atoms with Gasteiger partial charge in [-0.15, -0.1) is 17.1 Å². The second kappa shape index (κ2) is 10.6. The third-order valence-electron chi connectivity index (χ3n) is 3.33. The van der Waals surface area contributed by atoms with Crippen molar-refractivity contribution in [1.29, 1.82) is 0 Å². The van der Waals surface area contributed by atoms with Crippen molar-refractivity contribution in [3.8, 4) is 11.5 Å². The number of hydrazine groups is 1. The molecule has 26 heavy (non-hydrogen) atoms. The average molecular weight is 435 g/mol. The van der Waals surface area contributed by atoms with Gasteiger partial charge in [-0.05, 0) is 48.1 Å². The first-order valence-electron chi connectivity index (χ1n) is 7.91. The second-order valence-electron chi connectivity index (χ2n) is 5.24. The Morgan fingerprint density at radius 1 is 1.23 bits per heavy atom. The van der Waals surface area contributed by atoms with Gasteiger partial charge < -0.3 is 14.8 Å². The van der Waals surface area contributed by atoms with Crippen molar-refractivity contribution in [2.24, 2.45) is 0 Å². The molecule has 0 saturated heterocycles. The Balaban J connectivity index is 1.96. The molecule has 0 heterocycles. The molecule has 3 N–H and O–H groups in total. The Labute approximate surface area is 167 Å². The second-order valence-corrected chi connectivity index (χ2v) is 6.56. The highest BCUT2D eigenvalue weighted by Gasteiger charge is 2.07. The van der Waals surface area contributed by atoms with Gasteiger partial charge in [-0.3, -0.25) is 0 Å². The number of methoxy groups -OCH3 is 1. The number of hydrogen-bond donors (Lipinski definition) is 3. The van der Waals surface area contributed by atoms with Crippen LogP contribution in [-0.4, -0.2) is 25.0 Å². The van der Waals surface area contributed by atoms with E-state index in [0.717, 1.165) is 15.6 Å². The first-order valence-corrected chi connectivity index (χ1v) is 9.11. The number of ether oxygens (including phenoxy) is 2. The van der Waals surface area contributed by atoms with Gasteiger partial charge in [0.05, 0.1) is 7.11 Å². The molecule has 2 rings (SSSR count). The molecule has 0 aliphatic heterocycles. The van der Waals surface area contributed by atoms with E-state index < -0.39 is 0 Å². The van der Waals surface area contributed by atoms with Gasteiger partial charge in [0.25, 0.3) is 0 Å². The molecule has 0 fully saturated rings. The standard InChI is InChI=1S/C19H20BrN3O2S/c1-3-10-21-19(26)23-22-12-15-6-9-17(18(11-15)24-2)25-13-14-4-7-16(20)8-5-14/h3-9,11-12H,1,10,13H2,2H3,(H2,21,23,26)/p+1. The van der Waals surface area contributed by atoms with E-state index in [2.05, 4.69) is 38.4 Å². The minimum atomic E-state index is 0.468. The fraction of sp³-hybridized carbons (Fsp3) is 0.158. The molecule has 0 aliphatic carbocycles. The molecular weight excluding hydrogens is 414 g/mol. The van der Waals surface area contributed by atoms with Crippen molar-refractivity contribution in [2.45, 2.75) is 6.61 Å². The first-order chi connectivity index (χ1) is 12.6. The number of rotatable bonds is 8. The molecule has 0 aliphatic rings. The third kappa shape index (κ3) is 6.50. The summed E-state index contributed by atoms with van der Waals surface area (Å²) in [4.78, 5) is 0. The van der Waals surface area contributed by atoms with Crippen LogP contribution in [0.25, 0.3) is 0 Å². The van der Waals surface area contributed by atoms with Crippen LogP contribution < -0.4 is 25.3 Å². The van der Waals surface area contributed by atoms with Gasteiger partial charge in [-0.1, -0.05) is 34.1 Å². The number of hydrogen-bond acceptors (Lipinski definition) is 3. The van der Waals surface area contributed by atoms with E-state index in [0.29, 0.717) is 29.8 Å². The maximum Gasteiger partial charge on any atom is 0.224 e. The Kier molecular flexibility index (Phi) is 8.11. The molecule has 0 bridgehead atoms. The van der Waals surface area contributed by atoms with Crippen LogP contribution in [-0.2, 0) is 6.61 Å². The summed E-state index contributed by atoms with van der Waals surface area (Å²) in [5.74, 6) is 1.34. The minimum Gasteiger partial charge on any atom is -0.493 e. The predicted molar refractivity (Wildman–Crippen MR) is 112 cm³/mol. The quantitative estimate of drug-likeness (QED) is 0.257. The molecule has 0 atom stereocenters. The summed E-state index contributed by atoms with van der Waals surface area (Å²) in [7, 11) is 1.62. The van der Waals surface area contributed by atoms with Crippen LogP contribution in [0, 0.1) is 0 Å². The molecule has 5 nitrogen and oxygen atoms in total. The van der Waals surface area contributed by atoms with Crippen LogP contribution in [0.2, 0.25) is 0 Å². The summed E-state index contributed by atoms with van der Waals surface area (Å²) in [6.07, 6.45) is 3.51. The summed E-state index contributed by atoms with van der Waals surface area (Å²) in [5, 5.41) is 6.38. The molecule has 0 amide bonds. The minimum absolute atomic E-state index is 0.468. The van der Waals surface area contributed by atoms with Crippen molar-refractivity contribution in [3.05, 3.63) is 70.7 Å². The fourth-order valence-electron chi connectivity index (χ4n) is 2.03. The van der Waals surface area contributed by atoms with Crippen LogP contribution in [0.15, 0.2) is 59.6 Å². The molecule has 0 radical (unpaired) electrons. The zero-order chi connectivity index (χ0) is 18.8. The summed E-state index contributed by atoms with van der Waals surface area (Å²) in [6, 6.07) is 13.7. The van der Waals surface area contributed by atoms with E-state index in [9.17, 15) is 0 Å². The lowest BCUT2D eigenvalue weighted by molar-refractivity contribution is -0.500. The van der Waals surface area contributed by atoms with Gasteiger partial charge in [0.2, 0.25) is 5.11 Å². The Morgan fingerprint density at radius 2 is 2.00 bits per heavy atom. The van der Waals surface area contributed by atoms with Crippen LogP contribution in [0.5, 0.6) is 11.5 Å². The molecule has 0 aromatic heterocycles. The normalized spacial score (nSPS) is 10.4. The van der Waals surface area contributed by atoms with E-state index in [1.165, 1.54) is 0 Å². The molecule has 7 heteroatoms. The van der Waals surface area contributed by atoms with Crippen LogP contribution in [0.4, 0.5) is 0 Å². The summed E-state index contributed by atoms with van der Waals surface area (Å²) in [6.45, 7) is 4.69. The Morgan fingerprint density at radius 3 is 2.69 bits per heavy atom. The van der Waals surface area contributed by atoms with E-state index in [4.69, 9.17) is 21.7 Å². The maximum atomic E-state index is 5.87. The van der Waals surface area contributed by atoms with Gasteiger partial charge >= 0.3 is 0 Å². The summed E-state index contributed by atoms with van der Waals surface area (Å²) >= 11 is 8.52. The van der Waals surface area contributed by atoms with Gasteiger partial charge in [-0.25, -0.2) is 0 Å².